The first-order valence-electron chi connectivity index (χ1n) is 4.84. The van der Waals surface area contributed by atoms with E-state index in [4.69, 9.17) is 6.42 Å². The van der Waals surface area contributed by atoms with Crippen molar-refractivity contribution in [3.8, 4) is 12.3 Å². The molecule has 0 aromatic carbocycles. The number of terminal acetylenes is 1. The van der Waals surface area contributed by atoms with Crippen molar-refractivity contribution in [2.45, 2.75) is 50.5 Å². The molecule has 0 aromatic rings. The normalized spacial score (nSPS) is 21.1. The molecule has 72 valence electrons. The van der Waals surface area contributed by atoms with Crippen molar-refractivity contribution in [1.82, 2.24) is 0 Å². The lowest BCUT2D eigenvalue weighted by Gasteiger charge is -2.31. The van der Waals surface area contributed by atoms with Gasteiger partial charge < -0.3 is 5.11 Å². The van der Waals surface area contributed by atoms with Crippen LogP contribution in [0.3, 0.4) is 0 Å². The zero-order valence-electron chi connectivity index (χ0n) is 7.88. The van der Waals surface area contributed by atoms with E-state index in [2.05, 4.69) is 5.92 Å². The van der Waals surface area contributed by atoms with E-state index >= 15 is 0 Å². The highest BCUT2D eigenvalue weighted by Crippen LogP contribution is 2.30. The molecule has 0 heterocycles. The smallest absolute Gasteiger partial charge is 0.133 e. The Bertz CT molecular complexity index is 215. The van der Waals surface area contributed by atoms with E-state index in [1.54, 1.807) is 0 Å². The maximum absolute atomic E-state index is 10.9. The molecule has 0 bridgehead atoms. The number of Topliss-reactive ketones (excluding diaryl/α,β-unsaturated/α-hetero) is 1. The number of carbonyl (C=O) groups excluding carboxylic acids is 1. The summed E-state index contributed by atoms with van der Waals surface area (Å²) in [5, 5.41) is 9.99. The van der Waals surface area contributed by atoms with Crippen molar-refractivity contribution < 1.29 is 9.90 Å². The van der Waals surface area contributed by atoms with Gasteiger partial charge >= 0.3 is 0 Å². The highest BCUT2D eigenvalue weighted by molar-refractivity contribution is 5.79. The molecule has 2 heteroatoms. The van der Waals surface area contributed by atoms with Gasteiger partial charge in [0.05, 0.1) is 5.60 Å². The summed E-state index contributed by atoms with van der Waals surface area (Å²) in [6.45, 7) is 0. The molecule has 0 aliphatic heterocycles. The summed E-state index contributed by atoms with van der Waals surface area (Å²) < 4.78 is 0. The van der Waals surface area contributed by atoms with Gasteiger partial charge in [-0.1, -0.05) is 0 Å². The molecular formula is C11H16O2. The molecule has 0 amide bonds. The second-order valence-electron chi connectivity index (χ2n) is 3.82. The molecule has 0 spiro atoms. The number of carbonyl (C=O) groups is 1. The summed E-state index contributed by atoms with van der Waals surface area (Å²) >= 11 is 0. The van der Waals surface area contributed by atoms with Crippen molar-refractivity contribution in [3.05, 3.63) is 0 Å². The maximum Gasteiger partial charge on any atom is 0.133 e. The van der Waals surface area contributed by atoms with E-state index in [-0.39, 0.29) is 5.78 Å². The monoisotopic (exact) mass is 180 g/mol. The lowest BCUT2D eigenvalue weighted by molar-refractivity contribution is -0.125. The van der Waals surface area contributed by atoms with Gasteiger partial charge in [0.25, 0.3) is 0 Å². The first-order valence-corrected chi connectivity index (χ1v) is 4.84. The summed E-state index contributed by atoms with van der Waals surface area (Å²) in [4.78, 5) is 10.9. The van der Waals surface area contributed by atoms with Crippen LogP contribution in [0.5, 0.6) is 0 Å². The molecule has 0 aromatic heterocycles. The molecule has 1 N–H and O–H groups in total. The van der Waals surface area contributed by atoms with E-state index in [9.17, 15) is 9.90 Å². The van der Waals surface area contributed by atoms with Crippen LogP contribution in [0.15, 0.2) is 0 Å². The molecule has 0 saturated heterocycles. The van der Waals surface area contributed by atoms with Gasteiger partial charge in [0, 0.05) is 19.3 Å². The van der Waals surface area contributed by atoms with Crippen LogP contribution in [0, 0.1) is 12.3 Å². The first-order chi connectivity index (χ1) is 6.16. The van der Waals surface area contributed by atoms with Crippen LogP contribution in [0.2, 0.25) is 0 Å². The predicted molar refractivity (Wildman–Crippen MR) is 51.1 cm³/mol. The van der Waals surface area contributed by atoms with Crippen LogP contribution in [-0.4, -0.2) is 16.5 Å². The van der Waals surface area contributed by atoms with E-state index in [1.165, 1.54) is 0 Å². The summed E-state index contributed by atoms with van der Waals surface area (Å²) in [7, 11) is 0. The molecule has 13 heavy (non-hydrogen) atoms. The molecule has 0 unspecified atom stereocenters. The van der Waals surface area contributed by atoms with Gasteiger partial charge in [-0.25, -0.2) is 0 Å². The maximum atomic E-state index is 10.9. The summed E-state index contributed by atoms with van der Waals surface area (Å²) in [6.07, 6.45) is 9.76. The zero-order chi connectivity index (χ0) is 9.73. The standard InChI is InChI=1S/C11H16O2/c1-2-3-4-7-11(13)8-5-10(12)6-9-11/h1,13H,3-9H2. The number of hydrogen-bond donors (Lipinski definition) is 1. The van der Waals surface area contributed by atoms with Gasteiger partial charge in [0.2, 0.25) is 0 Å². The number of rotatable bonds is 3. The van der Waals surface area contributed by atoms with Gasteiger partial charge in [0.15, 0.2) is 0 Å². The Kier molecular flexibility index (Phi) is 3.50. The third kappa shape index (κ3) is 3.20. The van der Waals surface area contributed by atoms with Crippen LogP contribution in [-0.2, 0) is 4.79 Å². The highest BCUT2D eigenvalue weighted by atomic mass is 16.3. The average Bonchev–Trinajstić information content (AvgIpc) is 2.12. The second kappa shape index (κ2) is 4.43. The van der Waals surface area contributed by atoms with Gasteiger partial charge in [0.1, 0.15) is 5.78 Å². The molecular weight excluding hydrogens is 164 g/mol. The lowest BCUT2D eigenvalue weighted by Crippen LogP contribution is -2.33. The van der Waals surface area contributed by atoms with Crippen molar-refractivity contribution in [3.63, 3.8) is 0 Å². The molecule has 1 aliphatic rings. The number of hydrogen-bond acceptors (Lipinski definition) is 2. The summed E-state index contributed by atoms with van der Waals surface area (Å²) in [6, 6.07) is 0. The van der Waals surface area contributed by atoms with E-state index in [1.807, 2.05) is 0 Å². The summed E-state index contributed by atoms with van der Waals surface area (Å²) in [5.41, 5.74) is -0.606. The Labute approximate surface area is 79.3 Å². The number of unbranched alkanes of at least 4 members (excludes halogenated alkanes) is 1. The minimum Gasteiger partial charge on any atom is -0.390 e. The van der Waals surface area contributed by atoms with Crippen molar-refractivity contribution >= 4 is 5.78 Å². The topological polar surface area (TPSA) is 37.3 Å². The van der Waals surface area contributed by atoms with Crippen LogP contribution >= 0.6 is 0 Å². The fourth-order valence-corrected chi connectivity index (χ4v) is 1.76. The van der Waals surface area contributed by atoms with Crippen molar-refractivity contribution in [2.75, 3.05) is 0 Å². The number of ketones is 1. The third-order valence-electron chi connectivity index (χ3n) is 2.70. The molecule has 2 nitrogen and oxygen atoms in total. The van der Waals surface area contributed by atoms with Crippen LogP contribution in [0.25, 0.3) is 0 Å². The van der Waals surface area contributed by atoms with E-state index < -0.39 is 5.60 Å². The Morgan fingerprint density at radius 1 is 1.46 bits per heavy atom. The molecule has 1 fully saturated rings. The Morgan fingerprint density at radius 2 is 2.08 bits per heavy atom. The van der Waals surface area contributed by atoms with Gasteiger partial charge in [-0.05, 0) is 25.7 Å². The Morgan fingerprint density at radius 3 is 2.62 bits per heavy atom. The highest BCUT2D eigenvalue weighted by Gasteiger charge is 2.31. The first kappa shape index (κ1) is 10.3. The molecule has 1 saturated carbocycles. The summed E-state index contributed by atoms with van der Waals surface area (Å²) in [5.74, 6) is 2.83. The fourth-order valence-electron chi connectivity index (χ4n) is 1.76. The predicted octanol–water partition coefficient (Wildman–Crippen LogP) is 1.66. The Hall–Kier alpha value is -0.810. The van der Waals surface area contributed by atoms with Gasteiger partial charge in [-0.2, -0.15) is 0 Å². The largest absolute Gasteiger partial charge is 0.390 e. The Balaban J connectivity index is 2.30. The second-order valence-corrected chi connectivity index (χ2v) is 3.82. The van der Waals surface area contributed by atoms with Crippen LogP contribution in [0.1, 0.15) is 44.9 Å². The van der Waals surface area contributed by atoms with Crippen LogP contribution in [0.4, 0.5) is 0 Å². The van der Waals surface area contributed by atoms with Crippen molar-refractivity contribution in [2.24, 2.45) is 0 Å². The van der Waals surface area contributed by atoms with Crippen molar-refractivity contribution in [1.29, 1.82) is 0 Å². The average molecular weight is 180 g/mol. The van der Waals surface area contributed by atoms with Gasteiger partial charge in [-0.15, -0.1) is 12.3 Å². The molecule has 0 atom stereocenters. The lowest BCUT2D eigenvalue weighted by atomic mass is 9.81. The molecule has 0 radical (unpaired) electrons. The SMILES string of the molecule is C#CCCCC1(O)CCC(=O)CC1. The van der Waals surface area contributed by atoms with Gasteiger partial charge in [-0.3, -0.25) is 4.79 Å². The molecule has 1 rings (SSSR count). The minimum absolute atomic E-state index is 0.279. The fraction of sp³-hybridized carbons (Fsp3) is 0.727. The number of aliphatic hydroxyl groups is 1. The molecule has 1 aliphatic carbocycles. The minimum atomic E-state index is -0.606. The van der Waals surface area contributed by atoms with Crippen LogP contribution < -0.4 is 0 Å². The van der Waals surface area contributed by atoms with E-state index in [0.29, 0.717) is 25.7 Å². The van der Waals surface area contributed by atoms with E-state index in [0.717, 1.165) is 19.3 Å². The third-order valence-corrected chi connectivity index (χ3v) is 2.70. The quantitative estimate of drug-likeness (QED) is 0.530. The zero-order valence-corrected chi connectivity index (χ0v) is 7.88.